The summed E-state index contributed by atoms with van der Waals surface area (Å²) >= 11 is 0. The van der Waals surface area contributed by atoms with Crippen LogP contribution in [0.2, 0.25) is 0 Å². The van der Waals surface area contributed by atoms with Gasteiger partial charge in [0.2, 0.25) is 0 Å². The molecule has 0 aliphatic carbocycles. The van der Waals surface area contributed by atoms with Crippen LogP contribution >= 0.6 is 0 Å². The molecule has 5 heteroatoms. The molecule has 3 rings (SSSR count). The lowest BCUT2D eigenvalue weighted by molar-refractivity contribution is 0.278. The van der Waals surface area contributed by atoms with Crippen LogP contribution in [-0.2, 0) is 6.54 Å². The fraction of sp³-hybridized carbons (Fsp3) is 0.235. The van der Waals surface area contributed by atoms with Crippen molar-refractivity contribution in [2.75, 3.05) is 19.5 Å². The van der Waals surface area contributed by atoms with Crippen molar-refractivity contribution in [3.63, 3.8) is 0 Å². The zero-order chi connectivity index (χ0) is 15.7. The Bertz CT molecular complexity index is 824. The molecule has 3 aromatic rings. The molecule has 0 atom stereocenters. The maximum atomic E-state index is 9.37. The van der Waals surface area contributed by atoms with Crippen molar-refractivity contribution in [3.05, 3.63) is 42.0 Å². The Labute approximate surface area is 129 Å². The lowest BCUT2D eigenvalue weighted by Crippen LogP contribution is -2.04. The fourth-order valence-corrected chi connectivity index (χ4v) is 2.56. The zero-order valence-corrected chi connectivity index (χ0v) is 12.7. The highest BCUT2D eigenvalue weighted by atomic mass is 16.5. The number of hydrogen-bond donors (Lipinski definition) is 2. The molecule has 3 N–H and O–H groups in total. The number of nitrogen functional groups attached to an aromatic ring is 1. The summed E-state index contributed by atoms with van der Waals surface area (Å²) in [5.41, 5.74) is 10.5. The van der Waals surface area contributed by atoms with Gasteiger partial charge in [0.05, 0.1) is 24.8 Å². The number of fused-ring (bicyclic) bond motifs is 1. The molecular weight excluding hydrogens is 278 g/mol. The molecule has 2 aromatic carbocycles. The molecule has 0 aliphatic heterocycles. The normalized spacial score (nSPS) is 11.0. The number of ether oxygens (including phenoxy) is 1. The van der Waals surface area contributed by atoms with Crippen LogP contribution in [0.1, 0.15) is 5.56 Å². The monoisotopic (exact) mass is 297 g/mol. The van der Waals surface area contributed by atoms with Crippen LogP contribution in [0.5, 0.6) is 5.75 Å². The van der Waals surface area contributed by atoms with E-state index in [1.54, 1.807) is 7.11 Å². The van der Waals surface area contributed by atoms with Gasteiger partial charge in [-0.15, -0.1) is 0 Å². The smallest absolute Gasteiger partial charge is 0.141 e. The summed E-state index contributed by atoms with van der Waals surface area (Å²) in [6.07, 6.45) is 0. The summed E-state index contributed by atoms with van der Waals surface area (Å²) < 4.78 is 7.25. The first kappa shape index (κ1) is 14.4. The third-order valence-corrected chi connectivity index (χ3v) is 3.82. The van der Waals surface area contributed by atoms with E-state index in [0.29, 0.717) is 6.54 Å². The van der Waals surface area contributed by atoms with Crippen molar-refractivity contribution >= 4 is 16.7 Å². The minimum Gasteiger partial charge on any atom is -0.497 e. The van der Waals surface area contributed by atoms with E-state index in [1.165, 1.54) is 0 Å². The van der Waals surface area contributed by atoms with E-state index in [4.69, 9.17) is 15.5 Å². The second-order valence-corrected chi connectivity index (χ2v) is 5.24. The molecule has 0 unspecified atom stereocenters. The third-order valence-electron chi connectivity index (χ3n) is 3.82. The maximum Gasteiger partial charge on any atom is 0.141 e. The van der Waals surface area contributed by atoms with Crippen molar-refractivity contribution in [3.8, 4) is 17.1 Å². The largest absolute Gasteiger partial charge is 0.497 e. The van der Waals surface area contributed by atoms with Gasteiger partial charge in [-0.05, 0) is 30.7 Å². The first-order valence-corrected chi connectivity index (χ1v) is 7.15. The molecule has 1 heterocycles. The van der Waals surface area contributed by atoms with E-state index in [1.807, 2.05) is 47.9 Å². The van der Waals surface area contributed by atoms with E-state index < -0.39 is 0 Å². The van der Waals surface area contributed by atoms with Gasteiger partial charge in [-0.1, -0.05) is 12.1 Å². The molecule has 1 aromatic heterocycles. The molecule has 22 heavy (non-hydrogen) atoms. The number of rotatable bonds is 4. The summed E-state index contributed by atoms with van der Waals surface area (Å²) in [4.78, 5) is 4.70. The lowest BCUT2D eigenvalue weighted by atomic mass is 10.1. The molecular formula is C17H19N3O2. The second kappa shape index (κ2) is 5.69. The Morgan fingerprint density at radius 2 is 2.05 bits per heavy atom. The topological polar surface area (TPSA) is 73.3 Å². The number of nitrogens with zero attached hydrogens (tertiary/aromatic N) is 2. The molecule has 114 valence electrons. The fourth-order valence-electron chi connectivity index (χ4n) is 2.56. The highest BCUT2D eigenvalue weighted by Crippen LogP contribution is 2.29. The standard InChI is InChI=1S/C17H19N3O2/c1-11-3-4-12(9-14(11)18)17-19-15-10-13(22-2)5-6-16(15)20(17)7-8-21/h3-6,9-10,21H,7-8,18H2,1-2H3. The van der Waals surface area contributed by atoms with E-state index in [9.17, 15) is 5.11 Å². The molecule has 0 radical (unpaired) electrons. The predicted octanol–water partition coefficient (Wildman–Crippen LogP) is 2.59. The predicted molar refractivity (Wildman–Crippen MR) is 88.0 cm³/mol. The number of nitrogens with two attached hydrogens (primary N) is 1. The summed E-state index contributed by atoms with van der Waals surface area (Å²) in [5, 5.41) is 9.37. The average molecular weight is 297 g/mol. The molecule has 0 spiro atoms. The van der Waals surface area contributed by atoms with Crippen LogP contribution in [0.3, 0.4) is 0 Å². The number of aromatic nitrogens is 2. The highest BCUT2D eigenvalue weighted by molar-refractivity contribution is 5.82. The first-order valence-electron chi connectivity index (χ1n) is 7.15. The maximum absolute atomic E-state index is 9.37. The number of aliphatic hydroxyl groups excluding tert-OH is 1. The van der Waals surface area contributed by atoms with E-state index in [-0.39, 0.29) is 6.61 Å². The number of aryl methyl sites for hydroxylation is 1. The summed E-state index contributed by atoms with van der Waals surface area (Å²) in [5.74, 6) is 1.56. The van der Waals surface area contributed by atoms with Crippen LogP contribution in [0.25, 0.3) is 22.4 Å². The summed E-state index contributed by atoms with van der Waals surface area (Å²) in [6.45, 7) is 2.50. The summed E-state index contributed by atoms with van der Waals surface area (Å²) in [7, 11) is 1.63. The van der Waals surface area contributed by atoms with Gasteiger partial charge in [-0.25, -0.2) is 4.98 Å². The van der Waals surface area contributed by atoms with Crippen LogP contribution in [0, 0.1) is 6.92 Å². The van der Waals surface area contributed by atoms with Gasteiger partial charge in [0.1, 0.15) is 11.6 Å². The SMILES string of the molecule is COc1ccc2c(c1)nc(-c1ccc(C)c(N)c1)n2CCO. The highest BCUT2D eigenvalue weighted by Gasteiger charge is 2.13. The number of benzene rings is 2. The molecule has 0 aliphatic rings. The van der Waals surface area contributed by atoms with E-state index >= 15 is 0 Å². The number of methoxy groups -OCH3 is 1. The van der Waals surface area contributed by atoms with Crippen molar-refractivity contribution in [1.82, 2.24) is 9.55 Å². The van der Waals surface area contributed by atoms with Gasteiger partial charge in [-0.2, -0.15) is 0 Å². The second-order valence-electron chi connectivity index (χ2n) is 5.24. The van der Waals surface area contributed by atoms with Crippen LogP contribution in [-0.4, -0.2) is 28.4 Å². The average Bonchev–Trinajstić information content (AvgIpc) is 2.88. The van der Waals surface area contributed by atoms with E-state index in [0.717, 1.165) is 39.4 Å². The van der Waals surface area contributed by atoms with Gasteiger partial charge in [-0.3, -0.25) is 0 Å². The quantitative estimate of drug-likeness (QED) is 0.726. The lowest BCUT2D eigenvalue weighted by Gasteiger charge is -2.09. The molecule has 0 amide bonds. The Balaban J connectivity index is 2.22. The number of anilines is 1. The van der Waals surface area contributed by atoms with Gasteiger partial charge in [0.25, 0.3) is 0 Å². The Hall–Kier alpha value is -2.53. The number of hydrogen-bond acceptors (Lipinski definition) is 4. The minimum atomic E-state index is 0.0475. The van der Waals surface area contributed by atoms with Crippen molar-refractivity contribution in [2.24, 2.45) is 0 Å². The van der Waals surface area contributed by atoms with Crippen LogP contribution < -0.4 is 10.5 Å². The third kappa shape index (κ3) is 2.40. The van der Waals surface area contributed by atoms with Crippen LogP contribution in [0.15, 0.2) is 36.4 Å². The van der Waals surface area contributed by atoms with Gasteiger partial charge >= 0.3 is 0 Å². The Kier molecular flexibility index (Phi) is 3.73. The van der Waals surface area contributed by atoms with E-state index in [2.05, 4.69) is 0 Å². The summed E-state index contributed by atoms with van der Waals surface area (Å²) in [6, 6.07) is 11.6. The molecule has 0 saturated carbocycles. The Morgan fingerprint density at radius 1 is 1.23 bits per heavy atom. The van der Waals surface area contributed by atoms with Crippen molar-refractivity contribution < 1.29 is 9.84 Å². The first-order chi connectivity index (χ1) is 10.6. The number of imidazole rings is 1. The van der Waals surface area contributed by atoms with Crippen molar-refractivity contribution in [1.29, 1.82) is 0 Å². The van der Waals surface area contributed by atoms with Gasteiger partial charge < -0.3 is 20.1 Å². The number of aliphatic hydroxyl groups is 1. The zero-order valence-electron chi connectivity index (χ0n) is 12.7. The molecule has 0 saturated heterocycles. The van der Waals surface area contributed by atoms with Crippen LogP contribution in [0.4, 0.5) is 5.69 Å². The Morgan fingerprint density at radius 3 is 2.73 bits per heavy atom. The van der Waals surface area contributed by atoms with Gasteiger partial charge in [0, 0.05) is 23.9 Å². The molecule has 5 nitrogen and oxygen atoms in total. The van der Waals surface area contributed by atoms with Crippen molar-refractivity contribution in [2.45, 2.75) is 13.5 Å². The molecule has 0 fully saturated rings. The van der Waals surface area contributed by atoms with Gasteiger partial charge in [0.15, 0.2) is 0 Å². The molecule has 0 bridgehead atoms. The minimum absolute atomic E-state index is 0.0475.